The van der Waals surface area contributed by atoms with Crippen LogP contribution in [-0.2, 0) is 6.42 Å². The Hall–Kier alpha value is -1.74. The monoisotopic (exact) mass is 246 g/mol. The lowest BCUT2D eigenvalue weighted by atomic mass is 10.0. The third-order valence-corrected chi connectivity index (χ3v) is 3.12. The maximum Gasteiger partial charge on any atom is 0.118 e. The number of aryl methyl sites for hydroxylation is 2. The van der Waals surface area contributed by atoms with Crippen LogP contribution in [0, 0.1) is 6.92 Å². The van der Waals surface area contributed by atoms with Gasteiger partial charge >= 0.3 is 0 Å². The molecule has 0 saturated carbocycles. The Kier molecular flexibility index (Phi) is 4.05. The zero-order valence-corrected chi connectivity index (χ0v) is 10.7. The molecule has 0 spiro atoms. The molecule has 18 heavy (non-hydrogen) atoms. The van der Waals surface area contributed by atoms with Crippen LogP contribution < -0.4 is 4.74 Å². The third-order valence-electron chi connectivity index (χ3n) is 3.12. The van der Waals surface area contributed by atoms with Crippen LogP contribution in [0.15, 0.2) is 41.0 Å². The molecule has 0 aliphatic rings. The molecule has 1 atom stereocenters. The second-order valence-electron chi connectivity index (χ2n) is 4.33. The van der Waals surface area contributed by atoms with Gasteiger partial charge in [-0.15, -0.1) is 0 Å². The van der Waals surface area contributed by atoms with Crippen molar-refractivity contribution in [3.05, 3.63) is 53.5 Å². The molecule has 1 heterocycles. The average molecular weight is 246 g/mol. The fourth-order valence-corrected chi connectivity index (χ4v) is 1.99. The van der Waals surface area contributed by atoms with Gasteiger partial charge in [0.05, 0.1) is 19.5 Å². The maximum absolute atomic E-state index is 10.1. The van der Waals surface area contributed by atoms with Crippen LogP contribution >= 0.6 is 0 Å². The fourth-order valence-electron chi connectivity index (χ4n) is 1.99. The smallest absolute Gasteiger partial charge is 0.118 e. The van der Waals surface area contributed by atoms with Crippen molar-refractivity contribution in [2.75, 3.05) is 7.11 Å². The van der Waals surface area contributed by atoms with Crippen LogP contribution in [0.1, 0.15) is 29.4 Å². The van der Waals surface area contributed by atoms with Gasteiger partial charge in [-0.3, -0.25) is 0 Å². The van der Waals surface area contributed by atoms with Gasteiger partial charge < -0.3 is 14.3 Å². The minimum atomic E-state index is -0.467. The van der Waals surface area contributed by atoms with E-state index >= 15 is 0 Å². The molecule has 3 nitrogen and oxygen atoms in total. The van der Waals surface area contributed by atoms with Gasteiger partial charge in [-0.05, 0) is 43.5 Å². The molecule has 1 N–H and O–H groups in total. The summed E-state index contributed by atoms with van der Waals surface area (Å²) in [4.78, 5) is 0. The lowest BCUT2D eigenvalue weighted by Crippen LogP contribution is -2.00. The molecule has 0 bridgehead atoms. The number of methoxy groups -OCH3 is 1. The normalized spacial score (nSPS) is 12.4. The minimum Gasteiger partial charge on any atom is -0.497 e. The molecular weight excluding hydrogens is 228 g/mol. The highest BCUT2D eigenvalue weighted by atomic mass is 16.5. The van der Waals surface area contributed by atoms with E-state index in [-0.39, 0.29) is 0 Å². The average Bonchev–Trinajstić information content (AvgIpc) is 2.83. The van der Waals surface area contributed by atoms with Gasteiger partial charge in [0.25, 0.3) is 0 Å². The van der Waals surface area contributed by atoms with Gasteiger partial charge in [0.1, 0.15) is 11.5 Å². The predicted molar refractivity (Wildman–Crippen MR) is 69.7 cm³/mol. The molecule has 1 aromatic carbocycles. The van der Waals surface area contributed by atoms with Gasteiger partial charge in [0.2, 0.25) is 0 Å². The summed E-state index contributed by atoms with van der Waals surface area (Å²) >= 11 is 0. The van der Waals surface area contributed by atoms with E-state index in [0.717, 1.165) is 23.5 Å². The summed E-state index contributed by atoms with van der Waals surface area (Å²) in [5, 5.41) is 10.1. The third kappa shape index (κ3) is 2.93. The molecule has 2 rings (SSSR count). The summed E-state index contributed by atoms with van der Waals surface area (Å²) in [6.07, 6.45) is 2.66. The quantitative estimate of drug-likeness (QED) is 0.880. The van der Waals surface area contributed by atoms with Crippen molar-refractivity contribution in [3.63, 3.8) is 0 Å². The first-order valence-electron chi connectivity index (χ1n) is 6.05. The van der Waals surface area contributed by atoms with Gasteiger partial charge in [0, 0.05) is 5.56 Å². The second kappa shape index (κ2) is 5.74. The number of hydrogen-bond donors (Lipinski definition) is 1. The molecule has 0 aliphatic heterocycles. The first-order valence-corrected chi connectivity index (χ1v) is 6.05. The zero-order valence-electron chi connectivity index (χ0n) is 10.7. The summed E-state index contributed by atoms with van der Waals surface area (Å²) in [7, 11) is 1.65. The van der Waals surface area contributed by atoms with Crippen LogP contribution in [0.4, 0.5) is 0 Å². The van der Waals surface area contributed by atoms with Crippen molar-refractivity contribution in [1.82, 2.24) is 0 Å². The van der Waals surface area contributed by atoms with Crippen LogP contribution in [0.25, 0.3) is 0 Å². The van der Waals surface area contributed by atoms with Crippen molar-refractivity contribution >= 4 is 0 Å². The summed E-state index contributed by atoms with van der Waals surface area (Å²) in [5.74, 6) is 1.64. The number of ether oxygens (including phenoxy) is 1. The van der Waals surface area contributed by atoms with E-state index in [1.165, 1.54) is 5.56 Å². The van der Waals surface area contributed by atoms with Crippen LogP contribution in [0.2, 0.25) is 0 Å². The largest absolute Gasteiger partial charge is 0.497 e. The number of furan rings is 1. The first kappa shape index (κ1) is 12.7. The van der Waals surface area contributed by atoms with Crippen molar-refractivity contribution in [3.8, 4) is 5.75 Å². The van der Waals surface area contributed by atoms with Crippen molar-refractivity contribution < 1.29 is 14.3 Å². The van der Waals surface area contributed by atoms with E-state index in [1.807, 2.05) is 37.3 Å². The topological polar surface area (TPSA) is 42.6 Å². The number of rotatable bonds is 5. The standard InChI is InChI=1S/C15H18O3/c1-11-14(9-10-18-11)15(16)8-5-12-3-6-13(17-2)7-4-12/h3-4,6-7,9-10,15-16H,5,8H2,1-2H3. The molecular formula is C15H18O3. The highest BCUT2D eigenvalue weighted by molar-refractivity contribution is 5.27. The predicted octanol–water partition coefficient (Wildman–Crippen LogP) is 3.26. The van der Waals surface area contributed by atoms with Crippen molar-refractivity contribution in [2.45, 2.75) is 25.9 Å². The molecule has 96 valence electrons. The Bertz CT molecular complexity index is 485. The number of benzene rings is 1. The minimum absolute atomic E-state index is 0.467. The number of aliphatic hydroxyl groups excluding tert-OH is 1. The second-order valence-corrected chi connectivity index (χ2v) is 4.33. The molecule has 0 aliphatic carbocycles. The number of hydrogen-bond acceptors (Lipinski definition) is 3. The van der Waals surface area contributed by atoms with Gasteiger partial charge in [-0.1, -0.05) is 12.1 Å². The summed E-state index contributed by atoms with van der Waals surface area (Å²) in [6, 6.07) is 9.74. The molecule has 3 heteroatoms. The Balaban J connectivity index is 1.93. The van der Waals surface area contributed by atoms with Crippen LogP contribution in [-0.4, -0.2) is 12.2 Å². The Morgan fingerprint density at radius 2 is 1.94 bits per heavy atom. The molecule has 0 saturated heterocycles. The van der Waals surface area contributed by atoms with Crippen molar-refractivity contribution in [1.29, 1.82) is 0 Å². The summed E-state index contributed by atoms with van der Waals surface area (Å²) in [5.41, 5.74) is 2.07. The first-order chi connectivity index (χ1) is 8.70. The SMILES string of the molecule is COc1ccc(CCC(O)c2ccoc2C)cc1. The zero-order chi connectivity index (χ0) is 13.0. The lowest BCUT2D eigenvalue weighted by molar-refractivity contribution is 0.166. The maximum atomic E-state index is 10.1. The van der Waals surface area contributed by atoms with E-state index in [0.29, 0.717) is 6.42 Å². The Morgan fingerprint density at radius 3 is 2.50 bits per heavy atom. The van der Waals surface area contributed by atoms with E-state index < -0.39 is 6.10 Å². The lowest BCUT2D eigenvalue weighted by Gasteiger charge is -2.10. The Morgan fingerprint density at radius 1 is 1.22 bits per heavy atom. The molecule has 1 unspecified atom stereocenters. The highest BCUT2D eigenvalue weighted by Gasteiger charge is 2.12. The molecule has 1 aromatic heterocycles. The van der Waals surface area contributed by atoms with E-state index in [1.54, 1.807) is 13.4 Å². The molecule has 0 amide bonds. The molecule has 0 fully saturated rings. The van der Waals surface area contributed by atoms with E-state index in [4.69, 9.17) is 9.15 Å². The fraction of sp³-hybridized carbons (Fsp3) is 0.333. The van der Waals surface area contributed by atoms with Crippen LogP contribution in [0.3, 0.4) is 0 Å². The van der Waals surface area contributed by atoms with Crippen molar-refractivity contribution in [2.24, 2.45) is 0 Å². The molecule has 2 aromatic rings. The van der Waals surface area contributed by atoms with Gasteiger partial charge in [0.15, 0.2) is 0 Å². The highest BCUT2D eigenvalue weighted by Crippen LogP contribution is 2.23. The van der Waals surface area contributed by atoms with E-state index in [9.17, 15) is 5.11 Å². The van der Waals surface area contributed by atoms with Crippen LogP contribution in [0.5, 0.6) is 5.75 Å². The summed E-state index contributed by atoms with van der Waals surface area (Å²) in [6.45, 7) is 1.87. The van der Waals surface area contributed by atoms with E-state index in [2.05, 4.69) is 0 Å². The summed E-state index contributed by atoms with van der Waals surface area (Å²) < 4.78 is 10.3. The van der Waals surface area contributed by atoms with Gasteiger partial charge in [-0.2, -0.15) is 0 Å². The number of aliphatic hydroxyl groups is 1. The Labute approximate surface area is 107 Å². The molecule has 0 radical (unpaired) electrons. The van der Waals surface area contributed by atoms with Gasteiger partial charge in [-0.25, -0.2) is 0 Å².